The average molecular weight is 286 g/mol. The lowest BCUT2D eigenvalue weighted by Crippen LogP contribution is -1.98. The van der Waals surface area contributed by atoms with Gasteiger partial charge < -0.3 is 9.47 Å². The van der Waals surface area contributed by atoms with Crippen molar-refractivity contribution < 1.29 is 18.7 Å². The molecule has 21 heavy (non-hydrogen) atoms. The van der Waals surface area contributed by atoms with Crippen LogP contribution in [-0.4, -0.2) is 13.1 Å². The molecule has 3 nitrogen and oxygen atoms in total. The lowest BCUT2D eigenvalue weighted by molar-refractivity contribution is -0.134. The predicted molar refractivity (Wildman–Crippen MR) is 78.2 cm³/mol. The Kier molecular flexibility index (Phi) is 5.10. The van der Waals surface area contributed by atoms with Crippen molar-refractivity contribution in [1.82, 2.24) is 0 Å². The Balaban J connectivity index is 2.08. The van der Waals surface area contributed by atoms with E-state index in [2.05, 4.69) is 4.74 Å². The monoisotopic (exact) mass is 286 g/mol. The van der Waals surface area contributed by atoms with Gasteiger partial charge in [0.15, 0.2) is 11.6 Å². The second-order valence-corrected chi connectivity index (χ2v) is 4.32. The molecule has 0 atom stereocenters. The summed E-state index contributed by atoms with van der Waals surface area (Å²) < 4.78 is 23.7. The van der Waals surface area contributed by atoms with Crippen LogP contribution in [0.15, 0.2) is 54.6 Å². The summed E-state index contributed by atoms with van der Waals surface area (Å²) in [5, 5.41) is 0. The highest BCUT2D eigenvalue weighted by molar-refractivity contribution is 5.86. The minimum atomic E-state index is -0.467. The molecule has 0 amide bonds. The largest absolute Gasteiger partial charge is 0.486 e. The van der Waals surface area contributed by atoms with Gasteiger partial charge in [-0.3, -0.25) is 0 Å². The van der Waals surface area contributed by atoms with Crippen molar-refractivity contribution in [2.24, 2.45) is 0 Å². The van der Waals surface area contributed by atoms with Crippen molar-refractivity contribution in [2.45, 2.75) is 6.61 Å². The molecule has 0 fully saturated rings. The third-order valence-electron chi connectivity index (χ3n) is 2.81. The molecule has 0 aromatic heterocycles. The van der Waals surface area contributed by atoms with Gasteiger partial charge >= 0.3 is 5.97 Å². The normalized spacial score (nSPS) is 10.6. The van der Waals surface area contributed by atoms with Crippen molar-refractivity contribution in [3.8, 4) is 5.75 Å². The number of halogens is 1. The predicted octanol–water partition coefficient (Wildman–Crippen LogP) is 3.59. The van der Waals surface area contributed by atoms with E-state index in [0.717, 1.165) is 5.56 Å². The van der Waals surface area contributed by atoms with Gasteiger partial charge in [0.05, 0.1) is 7.11 Å². The van der Waals surface area contributed by atoms with E-state index in [0.29, 0.717) is 5.56 Å². The van der Waals surface area contributed by atoms with Crippen molar-refractivity contribution in [3.63, 3.8) is 0 Å². The molecule has 0 aliphatic rings. The van der Waals surface area contributed by atoms with Gasteiger partial charge in [-0.2, -0.15) is 0 Å². The number of carbonyl (C=O) groups is 1. The molecule has 2 aromatic rings. The smallest absolute Gasteiger partial charge is 0.330 e. The molecule has 2 rings (SSSR count). The lowest BCUT2D eigenvalue weighted by atomic mass is 10.2. The Bertz CT molecular complexity index is 636. The molecule has 0 spiro atoms. The van der Waals surface area contributed by atoms with Crippen molar-refractivity contribution in [1.29, 1.82) is 0 Å². The minimum absolute atomic E-state index is 0.144. The van der Waals surface area contributed by atoms with E-state index in [1.165, 1.54) is 25.3 Å². The first-order chi connectivity index (χ1) is 10.2. The first kappa shape index (κ1) is 14.8. The van der Waals surface area contributed by atoms with Crippen molar-refractivity contribution in [2.75, 3.05) is 7.11 Å². The number of carbonyl (C=O) groups excluding carboxylic acids is 1. The van der Waals surface area contributed by atoms with E-state index in [4.69, 9.17) is 4.74 Å². The maximum atomic E-state index is 13.7. The highest BCUT2D eigenvalue weighted by Gasteiger charge is 2.04. The van der Waals surface area contributed by atoms with Gasteiger partial charge in [0.1, 0.15) is 6.61 Å². The molecule has 0 saturated heterocycles. The molecule has 0 heterocycles. The number of ether oxygens (including phenoxy) is 2. The number of esters is 1. The van der Waals surface area contributed by atoms with E-state index in [-0.39, 0.29) is 12.4 Å². The van der Waals surface area contributed by atoms with Crippen LogP contribution in [0.4, 0.5) is 4.39 Å². The van der Waals surface area contributed by atoms with Crippen LogP contribution in [0.2, 0.25) is 0 Å². The van der Waals surface area contributed by atoms with Crippen molar-refractivity contribution >= 4 is 12.0 Å². The van der Waals surface area contributed by atoms with Gasteiger partial charge in [-0.05, 0) is 29.3 Å². The second-order valence-electron chi connectivity index (χ2n) is 4.32. The van der Waals surface area contributed by atoms with Crippen LogP contribution >= 0.6 is 0 Å². The molecule has 0 N–H and O–H groups in total. The summed E-state index contributed by atoms with van der Waals surface area (Å²) in [6.07, 6.45) is 2.81. The van der Waals surface area contributed by atoms with Gasteiger partial charge in [0.25, 0.3) is 0 Å². The molecule has 2 aromatic carbocycles. The lowest BCUT2D eigenvalue weighted by Gasteiger charge is -2.08. The summed E-state index contributed by atoms with van der Waals surface area (Å²) in [4.78, 5) is 11.0. The molecule has 0 saturated carbocycles. The maximum absolute atomic E-state index is 13.7. The van der Waals surface area contributed by atoms with E-state index < -0.39 is 11.8 Å². The fourth-order valence-corrected chi connectivity index (χ4v) is 1.70. The van der Waals surface area contributed by atoms with Crippen LogP contribution in [0.25, 0.3) is 6.08 Å². The summed E-state index contributed by atoms with van der Waals surface area (Å²) >= 11 is 0. The quantitative estimate of drug-likeness (QED) is 0.622. The molecule has 0 radical (unpaired) electrons. The molecule has 0 bridgehead atoms. The Morgan fingerprint density at radius 3 is 2.67 bits per heavy atom. The van der Waals surface area contributed by atoms with E-state index in [1.54, 1.807) is 12.1 Å². The summed E-state index contributed by atoms with van der Waals surface area (Å²) in [7, 11) is 1.30. The van der Waals surface area contributed by atoms with Crippen molar-refractivity contribution in [3.05, 3.63) is 71.6 Å². The summed E-state index contributed by atoms with van der Waals surface area (Å²) in [5.41, 5.74) is 1.61. The fourth-order valence-electron chi connectivity index (χ4n) is 1.70. The highest BCUT2D eigenvalue weighted by Crippen LogP contribution is 2.21. The van der Waals surface area contributed by atoms with Crippen LogP contribution in [0, 0.1) is 5.82 Å². The Morgan fingerprint density at radius 1 is 1.19 bits per heavy atom. The zero-order chi connectivity index (χ0) is 15.1. The molecule has 4 heteroatoms. The van der Waals surface area contributed by atoms with Crippen LogP contribution in [-0.2, 0) is 16.1 Å². The standard InChI is InChI=1S/C17H15FO3/c1-20-17(19)10-8-13-7-9-15(18)16(11-13)21-12-14-5-3-2-4-6-14/h2-11H,12H2,1H3. The first-order valence-corrected chi connectivity index (χ1v) is 6.41. The van der Waals surface area contributed by atoms with Gasteiger partial charge in [-0.1, -0.05) is 36.4 Å². The minimum Gasteiger partial charge on any atom is -0.486 e. The Morgan fingerprint density at radius 2 is 1.95 bits per heavy atom. The number of rotatable bonds is 5. The fraction of sp³-hybridized carbons (Fsp3) is 0.118. The van der Waals surface area contributed by atoms with Crippen LogP contribution in [0.5, 0.6) is 5.75 Å². The molecular formula is C17H15FO3. The molecule has 0 unspecified atom stereocenters. The number of benzene rings is 2. The third kappa shape index (κ3) is 4.45. The summed E-state index contributed by atoms with van der Waals surface area (Å²) in [6, 6.07) is 13.9. The first-order valence-electron chi connectivity index (χ1n) is 6.41. The topological polar surface area (TPSA) is 35.5 Å². The molecular weight excluding hydrogens is 271 g/mol. The Hall–Kier alpha value is -2.62. The number of methoxy groups -OCH3 is 1. The van der Waals surface area contributed by atoms with Crippen LogP contribution < -0.4 is 4.74 Å². The van der Waals surface area contributed by atoms with Gasteiger partial charge in [0.2, 0.25) is 0 Å². The zero-order valence-corrected chi connectivity index (χ0v) is 11.6. The van der Waals surface area contributed by atoms with Crippen LogP contribution in [0.3, 0.4) is 0 Å². The van der Waals surface area contributed by atoms with Gasteiger partial charge in [0, 0.05) is 6.08 Å². The highest BCUT2D eigenvalue weighted by atomic mass is 19.1. The average Bonchev–Trinajstić information content (AvgIpc) is 2.53. The van der Waals surface area contributed by atoms with E-state index in [1.807, 2.05) is 30.3 Å². The van der Waals surface area contributed by atoms with E-state index >= 15 is 0 Å². The molecule has 0 aliphatic heterocycles. The second kappa shape index (κ2) is 7.24. The van der Waals surface area contributed by atoms with Gasteiger partial charge in [-0.25, -0.2) is 9.18 Å². The number of hydrogen-bond donors (Lipinski definition) is 0. The third-order valence-corrected chi connectivity index (χ3v) is 2.81. The Labute approximate surface area is 122 Å². The summed E-state index contributed by atoms with van der Waals surface area (Å²) in [5.74, 6) is -0.766. The van der Waals surface area contributed by atoms with Crippen LogP contribution in [0.1, 0.15) is 11.1 Å². The number of hydrogen-bond acceptors (Lipinski definition) is 3. The van der Waals surface area contributed by atoms with Gasteiger partial charge in [-0.15, -0.1) is 0 Å². The SMILES string of the molecule is COC(=O)C=Cc1ccc(F)c(OCc2ccccc2)c1. The van der Waals surface area contributed by atoms with E-state index in [9.17, 15) is 9.18 Å². The summed E-state index contributed by atoms with van der Waals surface area (Å²) in [6.45, 7) is 0.280. The molecule has 0 aliphatic carbocycles. The molecule has 108 valence electrons. The zero-order valence-electron chi connectivity index (χ0n) is 11.6. The maximum Gasteiger partial charge on any atom is 0.330 e.